The molecule has 0 bridgehead atoms. The lowest BCUT2D eigenvalue weighted by molar-refractivity contribution is -0.137. The van der Waals surface area contributed by atoms with Crippen LogP contribution in [0, 0.1) is 5.92 Å². The molecule has 0 aliphatic heterocycles. The van der Waals surface area contributed by atoms with E-state index in [9.17, 15) is 14.4 Å². The van der Waals surface area contributed by atoms with E-state index in [-0.39, 0.29) is 30.8 Å². The van der Waals surface area contributed by atoms with Crippen LogP contribution in [0.4, 0.5) is 4.79 Å². The van der Waals surface area contributed by atoms with Gasteiger partial charge in [-0.05, 0) is 25.2 Å². The number of carbonyl (C=O) groups is 3. The Labute approximate surface area is 119 Å². The smallest absolute Gasteiger partial charge is 0.315 e. The zero-order valence-electron chi connectivity index (χ0n) is 12.2. The van der Waals surface area contributed by atoms with E-state index in [0.29, 0.717) is 25.9 Å². The number of amides is 3. The average Bonchev–Trinajstić information content (AvgIpc) is 2.40. The second kappa shape index (κ2) is 11.1. The van der Waals surface area contributed by atoms with Gasteiger partial charge in [0.15, 0.2) is 0 Å². The van der Waals surface area contributed by atoms with Gasteiger partial charge in [0.25, 0.3) is 0 Å². The summed E-state index contributed by atoms with van der Waals surface area (Å²) in [4.78, 5) is 33.0. The minimum Gasteiger partial charge on any atom is -0.481 e. The van der Waals surface area contributed by atoms with Crippen LogP contribution >= 0.6 is 0 Å². The van der Waals surface area contributed by atoms with Gasteiger partial charge in [-0.1, -0.05) is 13.8 Å². The first-order valence-electron chi connectivity index (χ1n) is 6.95. The van der Waals surface area contributed by atoms with Crippen molar-refractivity contribution in [2.45, 2.75) is 39.5 Å². The predicted octanol–water partition coefficient (Wildman–Crippen LogP) is 0.703. The van der Waals surface area contributed by atoms with E-state index < -0.39 is 5.97 Å². The number of hydrogen-bond donors (Lipinski definition) is 4. The number of nitrogens with one attached hydrogen (secondary N) is 3. The number of carboxylic acids is 1. The molecule has 0 radical (unpaired) electrons. The van der Waals surface area contributed by atoms with E-state index in [1.165, 1.54) is 0 Å². The lowest BCUT2D eigenvalue weighted by atomic mass is 10.0. The first-order chi connectivity index (χ1) is 9.45. The van der Waals surface area contributed by atoms with E-state index in [2.05, 4.69) is 16.0 Å². The Kier molecular flexibility index (Phi) is 10.1. The zero-order chi connectivity index (χ0) is 15.4. The van der Waals surface area contributed by atoms with Crippen LogP contribution in [0.5, 0.6) is 0 Å². The second-order valence-corrected chi connectivity index (χ2v) is 4.79. The molecule has 0 aromatic rings. The van der Waals surface area contributed by atoms with Crippen molar-refractivity contribution in [2.24, 2.45) is 5.92 Å². The molecule has 116 valence electrons. The van der Waals surface area contributed by atoms with Gasteiger partial charge in [0.05, 0.1) is 6.54 Å². The molecule has 1 atom stereocenters. The van der Waals surface area contributed by atoms with Crippen LogP contribution in [0.25, 0.3) is 0 Å². The van der Waals surface area contributed by atoms with E-state index in [1.54, 1.807) is 0 Å². The van der Waals surface area contributed by atoms with Crippen molar-refractivity contribution < 1.29 is 19.5 Å². The Morgan fingerprint density at radius 3 is 2.35 bits per heavy atom. The van der Waals surface area contributed by atoms with Crippen molar-refractivity contribution in [3.05, 3.63) is 0 Å². The first kappa shape index (κ1) is 18.2. The molecule has 7 nitrogen and oxygen atoms in total. The Balaban J connectivity index is 3.58. The summed E-state index contributed by atoms with van der Waals surface area (Å²) in [5.74, 6) is -0.781. The zero-order valence-corrected chi connectivity index (χ0v) is 12.2. The number of rotatable bonds is 10. The van der Waals surface area contributed by atoms with E-state index in [4.69, 9.17) is 5.11 Å². The third-order valence-electron chi connectivity index (χ3n) is 2.76. The van der Waals surface area contributed by atoms with Gasteiger partial charge in [-0.15, -0.1) is 0 Å². The summed E-state index contributed by atoms with van der Waals surface area (Å²) in [5.41, 5.74) is 0. The third kappa shape index (κ3) is 11.3. The quantitative estimate of drug-likeness (QED) is 0.474. The largest absolute Gasteiger partial charge is 0.481 e. The van der Waals surface area contributed by atoms with Gasteiger partial charge in [-0.25, -0.2) is 4.79 Å². The highest BCUT2D eigenvalue weighted by molar-refractivity contribution is 5.83. The van der Waals surface area contributed by atoms with Crippen LogP contribution in [-0.2, 0) is 9.59 Å². The fourth-order valence-electron chi connectivity index (χ4n) is 1.50. The molecule has 0 aliphatic carbocycles. The maximum absolute atomic E-state index is 11.4. The molecular formula is C13H25N3O4. The maximum atomic E-state index is 11.4. The molecule has 0 saturated heterocycles. The molecule has 4 N–H and O–H groups in total. The molecule has 0 aromatic heterocycles. The summed E-state index contributed by atoms with van der Waals surface area (Å²) in [6, 6.07) is -0.387. The van der Waals surface area contributed by atoms with Crippen molar-refractivity contribution in [2.75, 3.05) is 19.6 Å². The van der Waals surface area contributed by atoms with E-state index in [0.717, 1.165) is 6.42 Å². The Morgan fingerprint density at radius 1 is 1.05 bits per heavy atom. The fraction of sp³-hybridized carbons (Fsp3) is 0.769. The van der Waals surface area contributed by atoms with Gasteiger partial charge < -0.3 is 21.1 Å². The monoisotopic (exact) mass is 287 g/mol. The van der Waals surface area contributed by atoms with Gasteiger partial charge >= 0.3 is 12.0 Å². The first-order valence-corrected chi connectivity index (χ1v) is 6.95. The average molecular weight is 287 g/mol. The standard InChI is InChI=1S/C13H25N3O4/c1-3-7-14-11(17)9-16-13(20)15-8-6-10(2)4-5-12(18)19/h10H,3-9H2,1-2H3,(H,14,17)(H,18,19)(H2,15,16,20). The van der Waals surface area contributed by atoms with Gasteiger partial charge in [0, 0.05) is 19.5 Å². The minimum atomic E-state index is -0.805. The van der Waals surface area contributed by atoms with Gasteiger partial charge in [-0.3, -0.25) is 9.59 Å². The summed E-state index contributed by atoms with van der Waals surface area (Å²) in [7, 11) is 0. The third-order valence-corrected chi connectivity index (χ3v) is 2.76. The van der Waals surface area contributed by atoms with Crippen LogP contribution < -0.4 is 16.0 Å². The fourth-order valence-corrected chi connectivity index (χ4v) is 1.50. The topological polar surface area (TPSA) is 108 Å². The van der Waals surface area contributed by atoms with Crippen LogP contribution in [-0.4, -0.2) is 42.6 Å². The Morgan fingerprint density at radius 2 is 1.75 bits per heavy atom. The maximum Gasteiger partial charge on any atom is 0.315 e. The molecule has 0 spiro atoms. The highest BCUT2D eigenvalue weighted by Gasteiger charge is 2.07. The van der Waals surface area contributed by atoms with Gasteiger partial charge in [-0.2, -0.15) is 0 Å². The normalized spacial score (nSPS) is 11.5. The van der Waals surface area contributed by atoms with E-state index in [1.807, 2.05) is 13.8 Å². The van der Waals surface area contributed by atoms with Crippen LogP contribution in [0.2, 0.25) is 0 Å². The molecule has 0 heterocycles. The molecule has 0 aliphatic rings. The highest BCUT2D eigenvalue weighted by atomic mass is 16.4. The summed E-state index contributed by atoms with van der Waals surface area (Å²) in [6.45, 7) is 4.92. The SMILES string of the molecule is CCCNC(=O)CNC(=O)NCCC(C)CCC(=O)O. The van der Waals surface area contributed by atoms with Crippen molar-refractivity contribution in [1.82, 2.24) is 16.0 Å². The molecule has 0 fully saturated rings. The van der Waals surface area contributed by atoms with Crippen LogP contribution in [0.1, 0.15) is 39.5 Å². The Bertz CT molecular complexity index is 321. The van der Waals surface area contributed by atoms with Gasteiger partial charge in [0.1, 0.15) is 0 Å². The summed E-state index contributed by atoms with van der Waals surface area (Å²) in [6.07, 6.45) is 2.30. The molecular weight excluding hydrogens is 262 g/mol. The number of urea groups is 1. The molecule has 0 saturated carbocycles. The molecule has 0 rings (SSSR count). The highest BCUT2D eigenvalue weighted by Crippen LogP contribution is 2.08. The number of hydrogen-bond acceptors (Lipinski definition) is 3. The molecule has 7 heteroatoms. The molecule has 0 aromatic carbocycles. The second-order valence-electron chi connectivity index (χ2n) is 4.79. The number of carbonyl (C=O) groups excluding carboxylic acids is 2. The lowest BCUT2D eigenvalue weighted by Crippen LogP contribution is -2.42. The van der Waals surface area contributed by atoms with Crippen molar-refractivity contribution in [3.63, 3.8) is 0 Å². The molecule has 20 heavy (non-hydrogen) atoms. The predicted molar refractivity (Wildman–Crippen MR) is 75.4 cm³/mol. The Hall–Kier alpha value is -1.79. The summed E-state index contributed by atoms with van der Waals surface area (Å²) >= 11 is 0. The van der Waals surface area contributed by atoms with Crippen LogP contribution in [0.15, 0.2) is 0 Å². The minimum absolute atomic E-state index is 0.0413. The van der Waals surface area contributed by atoms with Crippen molar-refractivity contribution >= 4 is 17.9 Å². The van der Waals surface area contributed by atoms with Crippen LogP contribution in [0.3, 0.4) is 0 Å². The lowest BCUT2D eigenvalue weighted by Gasteiger charge is -2.11. The number of aliphatic carboxylic acids is 1. The molecule has 1 unspecified atom stereocenters. The van der Waals surface area contributed by atoms with E-state index >= 15 is 0 Å². The number of carboxylic acid groups (broad SMARTS) is 1. The van der Waals surface area contributed by atoms with Crippen molar-refractivity contribution in [3.8, 4) is 0 Å². The molecule has 3 amide bonds. The van der Waals surface area contributed by atoms with Crippen molar-refractivity contribution in [1.29, 1.82) is 0 Å². The summed E-state index contributed by atoms with van der Waals surface area (Å²) in [5, 5.41) is 16.3. The summed E-state index contributed by atoms with van der Waals surface area (Å²) < 4.78 is 0. The van der Waals surface area contributed by atoms with Gasteiger partial charge in [0.2, 0.25) is 5.91 Å².